The Bertz CT molecular complexity index is 311. The average molecular weight is 241 g/mol. The summed E-state index contributed by atoms with van der Waals surface area (Å²) in [6, 6.07) is 2.06. The summed E-state index contributed by atoms with van der Waals surface area (Å²) in [5.74, 6) is -0.0716. The summed E-state index contributed by atoms with van der Waals surface area (Å²) in [5.41, 5.74) is 1.06. The molecule has 1 aromatic rings. The van der Waals surface area contributed by atoms with Crippen molar-refractivity contribution in [2.45, 2.75) is 38.6 Å². The van der Waals surface area contributed by atoms with E-state index >= 15 is 0 Å². The molecular weight excluding hydrogens is 222 g/mol. The average Bonchev–Trinajstić information content (AvgIpc) is 2.80. The molecule has 0 bridgehead atoms. The van der Waals surface area contributed by atoms with Crippen LogP contribution in [0.15, 0.2) is 16.8 Å². The highest BCUT2D eigenvalue weighted by Crippen LogP contribution is 2.18. The molecule has 0 saturated carbocycles. The number of aliphatic hydroxyl groups is 1. The van der Waals surface area contributed by atoms with E-state index in [1.165, 1.54) is 0 Å². The molecule has 2 atom stereocenters. The molecule has 0 aliphatic heterocycles. The summed E-state index contributed by atoms with van der Waals surface area (Å²) in [7, 11) is 0. The van der Waals surface area contributed by atoms with Crippen LogP contribution in [-0.4, -0.2) is 23.7 Å². The maximum atomic E-state index is 11.9. The van der Waals surface area contributed by atoms with Crippen LogP contribution in [0.25, 0.3) is 0 Å². The Morgan fingerprint density at radius 2 is 2.38 bits per heavy atom. The van der Waals surface area contributed by atoms with Gasteiger partial charge in [0.05, 0.1) is 5.92 Å². The fraction of sp³-hybridized carbons (Fsp3) is 0.583. The number of amides is 1. The molecule has 0 radical (unpaired) electrons. The van der Waals surface area contributed by atoms with Gasteiger partial charge < -0.3 is 10.4 Å². The molecule has 3 nitrogen and oxygen atoms in total. The predicted octanol–water partition coefficient (Wildman–Crippen LogP) is 2.13. The van der Waals surface area contributed by atoms with Gasteiger partial charge in [0.1, 0.15) is 0 Å². The number of carbonyl (C=O) groups is 1. The first-order valence-electron chi connectivity index (χ1n) is 5.62. The van der Waals surface area contributed by atoms with E-state index in [1.54, 1.807) is 11.3 Å². The van der Waals surface area contributed by atoms with Crippen molar-refractivity contribution < 1.29 is 9.90 Å². The van der Waals surface area contributed by atoms with Crippen LogP contribution in [0, 0.1) is 0 Å². The quantitative estimate of drug-likeness (QED) is 0.801. The lowest BCUT2D eigenvalue weighted by Crippen LogP contribution is -2.37. The molecule has 90 valence electrons. The minimum Gasteiger partial charge on any atom is -0.396 e. The van der Waals surface area contributed by atoms with Gasteiger partial charge in [-0.15, -0.1) is 0 Å². The first-order chi connectivity index (χ1) is 7.69. The lowest BCUT2D eigenvalue weighted by atomic mass is 10.0. The van der Waals surface area contributed by atoms with Gasteiger partial charge in [0.15, 0.2) is 0 Å². The smallest absolute Gasteiger partial charge is 0.227 e. The Kier molecular flexibility index (Phi) is 5.49. The van der Waals surface area contributed by atoms with E-state index in [0.717, 1.165) is 12.0 Å². The first-order valence-corrected chi connectivity index (χ1v) is 6.56. The van der Waals surface area contributed by atoms with Gasteiger partial charge in [-0.1, -0.05) is 6.92 Å². The van der Waals surface area contributed by atoms with E-state index in [-0.39, 0.29) is 24.5 Å². The van der Waals surface area contributed by atoms with Crippen molar-refractivity contribution in [3.63, 3.8) is 0 Å². The molecule has 16 heavy (non-hydrogen) atoms. The van der Waals surface area contributed by atoms with Crippen molar-refractivity contribution in [3.8, 4) is 0 Å². The van der Waals surface area contributed by atoms with Gasteiger partial charge in [-0.05, 0) is 42.2 Å². The third-order valence-electron chi connectivity index (χ3n) is 2.75. The third kappa shape index (κ3) is 3.61. The second kappa shape index (κ2) is 6.66. The van der Waals surface area contributed by atoms with E-state index < -0.39 is 0 Å². The van der Waals surface area contributed by atoms with E-state index in [9.17, 15) is 4.79 Å². The monoisotopic (exact) mass is 241 g/mol. The fourth-order valence-electron chi connectivity index (χ4n) is 1.53. The highest BCUT2D eigenvalue weighted by molar-refractivity contribution is 7.08. The SMILES string of the molecule is CCC(CCO)NC(=O)C(C)c1ccsc1. The van der Waals surface area contributed by atoms with Crippen LogP contribution in [0.3, 0.4) is 0 Å². The van der Waals surface area contributed by atoms with Crippen molar-refractivity contribution in [1.29, 1.82) is 0 Å². The van der Waals surface area contributed by atoms with Crippen LogP contribution in [0.2, 0.25) is 0 Å². The minimum atomic E-state index is -0.112. The second-order valence-corrected chi connectivity index (χ2v) is 4.68. The molecule has 0 aromatic carbocycles. The zero-order chi connectivity index (χ0) is 12.0. The van der Waals surface area contributed by atoms with E-state index in [0.29, 0.717) is 6.42 Å². The van der Waals surface area contributed by atoms with Crippen molar-refractivity contribution in [2.24, 2.45) is 0 Å². The van der Waals surface area contributed by atoms with Gasteiger partial charge >= 0.3 is 0 Å². The van der Waals surface area contributed by atoms with Crippen LogP contribution < -0.4 is 5.32 Å². The van der Waals surface area contributed by atoms with Gasteiger partial charge in [0, 0.05) is 12.6 Å². The molecule has 0 aliphatic rings. The molecular formula is C12H19NO2S. The van der Waals surface area contributed by atoms with E-state index in [2.05, 4.69) is 5.32 Å². The third-order valence-corrected chi connectivity index (χ3v) is 3.45. The van der Waals surface area contributed by atoms with Crippen LogP contribution in [0.1, 0.15) is 38.2 Å². The maximum Gasteiger partial charge on any atom is 0.227 e. The van der Waals surface area contributed by atoms with Crippen molar-refractivity contribution in [3.05, 3.63) is 22.4 Å². The molecule has 1 heterocycles. The number of thiophene rings is 1. The number of hydrogen-bond acceptors (Lipinski definition) is 3. The molecule has 0 saturated heterocycles. The predicted molar refractivity (Wildman–Crippen MR) is 66.7 cm³/mol. The van der Waals surface area contributed by atoms with Gasteiger partial charge in [0.2, 0.25) is 5.91 Å². The first kappa shape index (κ1) is 13.2. The molecule has 0 spiro atoms. The summed E-state index contributed by atoms with van der Waals surface area (Å²) < 4.78 is 0. The molecule has 1 rings (SSSR count). The Balaban J connectivity index is 2.51. The van der Waals surface area contributed by atoms with Gasteiger partial charge in [0.25, 0.3) is 0 Å². The zero-order valence-corrected chi connectivity index (χ0v) is 10.6. The molecule has 0 fully saturated rings. The van der Waals surface area contributed by atoms with Crippen molar-refractivity contribution in [2.75, 3.05) is 6.61 Å². The summed E-state index contributed by atoms with van der Waals surface area (Å²) in [6.45, 7) is 4.03. The highest BCUT2D eigenvalue weighted by Gasteiger charge is 2.18. The summed E-state index contributed by atoms with van der Waals surface area (Å²) >= 11 is 1.60. The molecule has 1 amide bonds. The fourth-order valence-corrected chi connectivity index (χ4v) is 2.29. The van der Waals surface area contributed by atoms with Crippen LogP contribution in [-0.2, 0) is 4.79 Å². The number of carbonyl (C=O) groups excluding carboxylic acids is 1. The number of aliphatic hydroxyl groups excluding tert-OH is 1. The largest absolute Gasteiger partial charge is 0.396 e. The van der Waals surface area contributed by atoms with E-state index in [4.69, 9.17) is 5.11 Å². The lowest BCUT2D eigenvalue weighted by molar-refractivity contribution is -0.123. The normalized spacial score (nSPS) is 14.4. The van der Waals surface area contributed by atoms with Gasteiger partial charge in [-0.3, -0.25) is 4.79 Å². The lowest BCUT2D eigenvalue weighted by Gasteiger charge is -2.18. The van der Waals surface area contributed by atoms with Crippen LogP contribution in [0.4, 0.5) is 0 Å². The molecule has 2 N–H and O–H groups in total. The molecule has 2 unspecified atom stereocenters. The summed E-state index contributed by atoms with van der Waals surface area (Å²) in [4.78, 5) is 11.9. The van der Waals surface area contributed by atoms with Crippen molar-refractivity contribution in [1.82, 2.24) is 5.32 Å². The number of hydrogen-bond donors (Lipinski definition) is 2. The maximum absolute atomic E-state index is 11.9. The standard InChI is InChI=1S/C12H19NO2S/c1-3-11(4-6-14)13-12(15)9(2)10-5-7-16-8-10/h5,7-9,11,14H,3-4,6H2,1-2H3,(H,13,15). The van der Waals surface area contributed by atoms with Gasteiger partial charge in [-0.2, -0.15) is 11.3 Å². The highest BCUT2D eigenvalue weighted by atomic mass is 32.1. The second-order valence-electron chi connectivity index (χ2n) is 3.90. The molecule has 1 aromatic heterocycles. The summed E-state index contributed by atoms with van der Waals surface area (Å²) in [5, 5.41) is 15.8. The number of nitrogens with one attached hydrogen (secondary N) is 1. The van der Waals surface area contributed by atoms with Crippen molar-refractivity contribution >= 4 is 17.2 Å². The Hall–Kier alpha value is -0.870. The number of rotatable bonds is 6. The Morgan fingerprint density at radius 1 is 1.62 bits per heavy atom. The molecule has 0 aliphatic carbocycles. The van der Waals surface area contributed by atoms with Crippen LogP contribution >= 0.6 is 11.3 Å². The topological polar surface area (TPSA) is 49.3 Å². The minimum absolute atomic E-state index is 0.0405. The van der Waals surface area contributed by atoms with Crippen LogP contribution in [0.5, 0.6) is 0 Å². The Labute approximate surface area is 100 Å². The van der Waals surface area contributed by atoms with Gasteiger partial charge in [-0.25, -0.2) is 0 Å². The Morgan fingerprint density at radius 3 is 2.88 bits per heavy atom. The zero-order valence-electron chi connectivity index (χ0n) is 9.77. The van der Waals surface area contributed by atoms with E-state index in [1.807, 2.05) is 30.7 Å². The molecule has 4 heteroatoms. The summed E-state index contributed by atoms with van der Waals surface area (Å²) in [6.07, 6.45) is 1.47.